The number of nitrogens with one attached hydrogen (secondary N) is 1. The molecular weight excluding hydrogens is 234 g/mol. The summed E-state index contributed by atoms with van der Waals surface area (Å²) >= 11 is 8.00. The van der Waals surface area contributed by atoms with Gasteiger partial charge < -0.3 is 5.11 Å². The van der Waals surface area contributed by atoms with Crippen LogP contribution in [0.2, 0.25) is 0 Å². The Morgan fingerprint density at radius 3 is 2.73 bits per heavy atom. The van der Waals surface area contributed by atoms with Gasteiger partial charge in [-0.15, -0.1) is 23.4 Å². The maximum absolute atomic E-state index is 10.8. The van der Waals surface area contributed by atoms with Crippen molar-refractivity contribution in [1.82, 2.24) is 5.32 Å². The van der Waals surface area contributed by atoms with E-state index in [1.807, 2.05) is 0 Å². The van der Waals surface area contributed by atoms with Crippen LogP contribution >= 0.6 is 23.4 Å². The predicted molar refractivity (Wildman–Crippen MR) is 62.4 cm³/mol. The molecule has 3 nitrogen and oxygen atoms in total. The number of hydrogen-bond donors (Lipinski definition) is 2. The van der Waals surface area contributed by atoms with Crippen molar-refractivity contribution in [1.29, 1.82) is 0 Å². The van der Waals surface area contributed by atoms with Gasteiger partial charge in [0.1, 0.15) is 6.04 Å². The normalized spacial score (nSPS) is 41.7. The molecule has 1 aliphatic heterocycles. The number of aliphatic carboxylic acids is 1. The Labute approximate surface area is 98.9 Å². The average Bonchev–Trinajstić information content (AvgIpc) is 2.67. The van der Waals surface area contributed by atoms with E-state index in [-0.39, 0.29) is 16.8 Å². The molecule has 5 heteroatoms. The highest BCUT2D eigenvalue weighted by Crippen LogP contribution is 2.37. The molecule has 1 saturated heterocycles. The molecule has 4 atom stereocenters. The quantitative estimate of drug-likeness (QED) is 0.734. The SMILES string of the molecule is O=C(O)C1CSC(C2CCCCC2Cl)N1. The van der Waals surface area contributed by atoms with Crippen LogP contribution in [0.3, 0.4) is 0 Å². The van der Waals surface area contributed by atoms with Gasteiger partial charge in [-0.05, 0) is 18.8 Å². The molecule has 2 N–H and O–H groups in total. The number of carboxylic acids is 1. The standard InChI is InChI=1S/C10H16ClNO2S/c11-7-4-2-1-3-6(7)9-12-8(5-15-9)10(13)14/h6-9,12H,1-5H2,(H,13,14). The highest BCUT2D eigenvalue weighted by molar-refractivity contribution is 8.00. The van der Waals surface area contributed by atoms with Gasteiger partial charge in [0.25, 0.3) is 0 Å². The number of carbonyl (C=O) groups is 1. The second-order valence-electron chi connectivity index (χ2n) is 4.28. The first-order valence-corrected chi connectivity index (χ1v) is 6.91. The lowest BCUT2D eigenvalue weighted by Gasteiger charge is -2.31. The second kappa shape index (κ2) is 4.93. The fraction of sp³-hybridized carbons (Fsp3) is 0.900. The molecule has 1 saturated carbocycles. The first kappa shape index (κ1) is 11.6. The molecule has 0 bridgehead atoms. The Bertz CT molecular complexity index is 252. The van der Waals surface area contributed by atoms with Crippen LogP contribution in [0.15, 0.2) is 0 Å². The molecule has 2 aliphatic rings. The Kier molecular flexibility index (Phi) is 3.80. The summed E-state index contributed by atoms with van der Waals surface area (Å²) in [5.41, 5.74) is 0. The van der Waals surface area contributed by atoms with E-state index >= 15 is 0 Å². The van der Waals surface area contributed by atoms with Crippen molar-refractivity contribution < 1.29 is 9.90 Å². The van der Waals surface area contributed by atoms with Crippen molar-refractivity contribution >= 4 is 29.3 Å². The highest BCUT2D eigenvalue weighted by Gasteiger charge is 2.38. The number of rotatable bonds is 2. The van der Waals surface area contributed by atoms with Gasteiger partial charge in [-0.2, -0.15) is 0 Å². The van der Waals surface area contributed by atoms with Crippen LogP contribution in [0, 0.1) is 5.92 Å². The number of thioether (sulfide) groups is 1. The van der Waals surface area contributed by atoms with E-state index in [0.717, 1.165) is 12.8 Å². The molecule has 0 aromatic carbocycles. The highest BCUT2D eigenvalue weighted by atomic mass is 35.5. The average molecular weight is 250 g/mol. The third-order valence-electron chi connectivity index (χ3n) is 3.23. The first-order chi connectivity index (χ1) is 7.18. The summed E-state index contributed by atoms with van der Waals surface area (Å²) in [6.45, 7) is 0. The van der Waals surface area contributed by atoms with Crippen LogP contribution in [0.4, 0.5) is 0 Å². The number of hydrogen-bond acceptors (Lipinski definition) is 3. The lowest BCUT2D eigenvalue weighted by molar-refractivity contribution is -0.138. The van der Waals surface area contributed by atoms with Crippen LogP contribution < -0.4 is 5.32 Å². The molecule has 1 aliphatic carbocycles. The van der Waals surface area contributed by atoms with Gasteiger partial charge in [-0.25, -0.2) is 0 Å². The summed E-state index contributed by atoms with van der Waals surface area (Å²) < 4.78 is 0. The Morgan fingerprint density at radius 1 is 1.40 bits per heavy atom. The van der Waals surface area contributed by atoms with Gasteiger partial charge >= 0.3 is 5.97 Å². The molecule has 4 unspecified atom stereocenters. The summed E-state index contributed by atoms with van der Waals surface area (Å²) in [6, 6.07) is -0.384. The predicted octanol–water partition coefficient (Wildman–Crippen LogP) is 1.90. The third-order valence-corrected chi connectivity index (χ3v) is 5.14. The van der Waals surface area contributed by atoms with E-state index in [1.54, 1.807) is 11.8 Å². The number of carboxylic acid groups (broad SMARTS) is 1. The minimum atomic E-state index is -0.744. The van der Waals surface area contributed by atoms with Crippen molar-refractivity contribution in [2.24, 2.45) is 5.92 Å². The second-order valence-corrected chi connectivity index (χ2v) is 6.01. The summed E-state index contributed by atoms with van der Waals surface area (Å²) in [6.07, 6.45) is 4.64. The molecule has 0 amide bonds. The van der Waals surface area contributed by atoms with Crippen molar-refractivity contribution in [3.63, 3.8) is 0 Å². The van der Waals surface area contributed by atoms with Crippen molar-refractivity contribution in [3.05, 3.63) is 0 Å². The first-order valence-electron chi connectivity index (χ1n) is 5.43. The Hall–Kier alpha value is 0.0700. The molecule has 0 aromatic rings. The zero-order valence-corrected chi connectivity index (χ0v) is 10.1. The van der Waals surface area contributed by atoms with Gasteiger partial charge in [-0.3, -0.25) is 10.1 Å². The van der Waals surface area contributed by atoms with Gasteiger partial charge in [-0.1, -0.05) is 12.8 Å². The molecule has 2 rings (SSSR count). The minimum Gasteiger partial charge on any atom is -0.480 e. The van der Waals surface area contributed by atoms with Crippen molar-refractivity contribution in [3.8, 4) is 0 Å². The molecule has 0 spiro atoms. The number of alkyl halides is 1. The van der Waals surface area contributed by atoms with E-state index in [2.05, 4.69) is 5.32 Å². The van der Waals surface area contributed by atoms with E-state index in [4.69, 9.17) is 16.7 Å². The van der Waals surface area contributed by atoms with E-state index in [0.29, 0.717) is 11.7 Å². The monoisotopic (exact) mass is 249 g/mol. The minimum absolute atomic E-state index is 0.219. The van der Waals surface area contributed by atoms with E-state index in [1.165, 1.54) is 12.8 Å². The summed E-state index contributed by atoms with van der Waals surface area (Å²) in [7, 11) is 0. The third kappa shape index (κ3) is 2.60. The zero-order valence-electron chi connectivity index (χ0n) is 8.49. The topological polar surface area (TPSA) is 49.3 Å². The summed E-state index contributed by atoms with van der Waals surface area (Å²) in [4.78, 5) is 10.8. The van der Waals surface area contributed by atoms with Crippen LogP contribution in [0.1, 0.15) is 25.7 Å². The summed E-state index contributed by atoms with van der Waals surface area (Å²) in [5, 5.41) is 12.5. The lowest BCUT2D eigenvalue weighted by atomic mass is 9.88. The number of halogens is 1. The van der Waals surface area contributed by atoms with Crippen LogP contribution in [0.5, 0.6) is 0 Å². The smallest absolute Gasteiger partial charge is 0.321 e. The largest absolute Gasteiger partial charge is 0.480 e. The fourth-order valence-corrected chi connectivity index (χ4v) is 4.32. The lowest BCUT2D eigenvalue weighted by Crippen LogP contribution is -2.42. The Balaban J connectivity index is 1.91. The summed E-state index contributed by atoms with van der Waals surface area (Å²) in [5.74, 6) is 0.363. The molecule has 86 valence electrons. The molecule has 15 heavy (non-hydrogen) atoms. The van der Waals surface area contributed by atoms with Gasteiger partial charge in [0.05, 0.1) is 5.37 Å². The van der Waals surface area contributed by atoms with E-state index in [9.17, 15) is 4.79 Å². The molecule has 1 heterocycles. The Morgan fingerprint density at radius 2 is 2.13 bits per heavy atom. The molecular formula is C10H16ClNO2S. The van der Waals surface area contributed by atoms with Crippen LogP contribution in [0.25, 0.3) is 0 Å². The van der Waals surface area contributed by atoms with Gasteiger partial charge in [0.15, 0.2) is 0 Å². The maximum Gasteiger partial charge on any atom is 0.321 e. The van der Waals surface area contributed by atoms with E-state index < -0.39 is 5.97 Å². The molecule has 2 fully saturated rings. The molecule has 0 aromatic heterocycles. The van der Waals surface area contributed by atoms with Gasteiger partial charge in [0, 0.05) is 11.1 Å². The molecule has 0 radical (unpaired) electrons. The van der Waals surface area contributed by atoms with Crippen LogP contribution in [-0.4, -0.2) is 33.6 Å². The van der Waals surface area contributed by atoms with Gasteiger partial charge in [0.2, 0.25) is 0 Å². The van der Waals surface area contributed by atoms with Crippen LogP contribution in [-0.2, 0) is 4.79 Å². The van der Waals surface area contributed by atoms with Crippen molar-refractivity contribution in [2.45, 2.75) is 42.5 Å². The van der Waals surface area contributed by atoms with Crippen molar-refractivity contribution in [2.75, 3.05) is 5.75 Å². The zero-order chi connectivity index (χ0) is 10.8. The fourth-order valence-electron chi connectivity index (χ4n) is 2.34. The maximum atomic E-state index is 10.8.